The van der Waals surface area contributed by atoms with Gasteiger partial charge in [0, 0.05) is 24.6 Å². The van der Waals surface area contributed by atoms with E-state index >= 15 is 0 Å². The number of aromatic hydroxyl groups is 1. The molecule has 0 aliphatic heterocycles. The van der Waals surface area contributed by atoms with E-state index in [2.05, 4.69) is 9.97 Å². The number of hydrogen-bond acceptors (Lipinski definition) is 6. The first kappa shape index (κ1) is 19.5. The second kappa shape index (κ2) is 8.60. The Morgan fingerprint density at radius 1 is 1.32 bits per heavy atom. The first-order valence-corrected chi connectivity index (χ1v) is 8.57. The van der Waals surface area contributed by atoms with Crippen LogP contribution in [0.2, 0.25) is 0 Å². The number of hydrogen-bond donors (Lipinski definition) is 1. The number of rotatable bonds is 8. The number of nitrogens with zero attached hydrogens (tertiary/aromatic N) is 2. The number of phenolic OH excluding ortho intramolecular Hbond substituents is 1. The molecule has 3 aromatic rings. The fraction of sp³-hybridized carbons (Fsp3) is 0.250. The predicted octanol–water partition coefficient (Wildman–Crippen LogP) is 4.21. The number of halogens is 2. The van der Waals surface area contributed by atoms with Gasteiger partial charge in [0.25, 0.3) is 6.43 Å². The summed E-state index contributed by atoms with van der Waals surface area (Å²) in [5.74, 6) is -0.195. The van der Waals surface area contributed by atoms with E-state index in [4.69, 9.17) is 9.15 Å². The normalized spacial score (nSPS) is 11.0. The van der Waals surface area contributed by atoms with Crippen molar-refractivity contribution in [3.8, 4) is 23.0 Å². The van der Waals surface area contributed by atoms with Crippen molar-refractivity contribution in [2.75, 3.05) is 6.61 Å². The van der Waals surface area contributed by atoms with Crippen LogP contribution < -0.4 is 4.74 Å². The van der Waals surface area contributed by atoms with Crippen molar-refractivity contribution in [1.82, 2.24) is 9.97 Å². The molecule has 6 nitrogen and oxygen atoms in total. The van der Waals surface area contributed by atoms with Gasteiger partial charge >= 0.3 is 0 Å². The molecule has 0 fully saturated rings. The lowest BCUT2D eigenvalue weighted by Crippen LogP contribution is -2.07. The van der Waals surface area contributed by atoms with E-state index in [-0.39, 0.29) is 29.6 Å². The summed E-state index contributed by atoms with van der Waals surface area (Å²) in [4.78, 5) is 20.7. The average molecular weight is 388 g/mol. The molecular weight excluding hydrogens is 370 g/mol. The van der Waals surface area contributed by atoms with Gasteiger partial charge < -0.3 is 14.3 Å². The maximum atomic E-state index is 12.3. The molecule has 0 atom stereocenters. The summed E-state index contributed by atoms with van der Waals surface area (Å²) in [6.45, 7) is 0.996. The van der Waals surface area contributed by atoms with Gasteiger partial charge in [-0.05, 0) is 36.8 Å². The highest BCUT2D eigenvalue weighted by molar-refractivity contribution is 5.95. The number of oxazole rings is 1. The second-order valence-corrected chi connectivity index (χ2v) is 6.12. The third kappa shape index (κ3) is 4.70. The lowest BCUT2D eigenvalue weighted by molar-refractivity contribution is 0.0805. The predicted molar refractivity (Wildman–Crippen MR) is 96.7 cm³/mol. The lowest BCUT2D eigenvalue weighted by Gasteiger charge is -2.08. The van der Waals surface area contributed by atoms with Crippen molar-refractivity contribution >= 4 is 5.78 Å². The fourth-order valence-electron chi connectivity index (χ4n) is 2.61. The summed E-state index contributed by atoms with van der Waals surface area (Å²) in [6.07, 6.45) is 0.942. The molecule has 2 aromatic heterocycles. The molecule has 1 N–H and O–H groups in total. The molecule has 0 saturated heterocycles. The molecule has 0 unspecified atom stereocenters. The number of pyridine rings is 1. The average Bonchev–Trinajstić information content (AvgIpc) is 3.15. The number of carbonyl (C=O) groups excluding carboxylic acids is 1. The summed E-state index contributed by atoms with van der Waals surface area (Å²) in [5.41, 5.74) is 2.28. The maximum absolute atomic E-state index is 12.3. The molecule has 0 aliphatic carbocycles. The minimum Gasteiger partial charge on any atom is -0.504 e. The van der Waals surface area contributed by atoms with Gasteiger partial charge in [0.15, 0.2) is 17.3 Å². The number of aromatic nitrogens is 2. The third-order valence-electron chi connectivity index (χ3n) is 4.01. The van der Waals surface area contributed by atoms with Crippen LogP contribution in [0.15, 0.2) is 47.2 Å². The van der Waals surface area contributed by atoms with Crippen LogP contribution in [-0.4, -0.2) is 33.9 Å². The van der Waals surface area contributed by atoms with Crippen LogP contribution in [0.4, 0.5) is 8.78 Å². The largest absolute Gasteiger partial charge is 0.504 e. The lowest BCUT2D eigenvalue weighted by atomic mass is 10.1. The monoisotopic (exact) mass is 388 g/mol. The van der Waals surface area contributed by atoms with E-state index in [1.54, 1.807) is 12.3 Å². The third-order valence-corrected chi connectivity index (χ3v) is 4.01. The van der Waals surface area contributed by atoms with Crippen LogP contribution in [-0.2, 0) is 6.42 Å². The molecule has 8 heteroatoms. The topological polar surface area (TPSA) is 85.5 Å². The van der Waals surface area contributed by atoms with E-state index in [0.29, 0.717) is 23.4 Å². The quantitative estimate of drug-likeness (QED) is 0.582. The number of benzene rings is 1. The van der Waals surface area contributed by atoms with Crippen LogP contribution in [0.1, 0.15) is 28.2 Å². The van der Waals surface area contributed by atoms with Crippen molar-refractivity contribution in [3.63, 3.8) is 0 Å². The van der Waals surface area contributed by atoms with Gasteiger partial charge in [0.1, 0.15) is 18.6 Å². The zero-order chi connectivity index (χ0) is 20.1. The smallest absolute Gasteiger partial charge is 0.272 e. The molecular formula is C20H18F2N2O4. The number of Topliss-reactive ketones (excluding diaryl/α,β-unsaturated/α-hetero) is 1. The molecule has 0 aliphatic rings. The van der Waals surface area contributed by atoms with E-state index in [0.717, 1.165) is 5.56 Å². The zero-order valence-electron chi connectivity index (χ0n) is 15.1. The molecule has 146 valence electrons. The maximum Gasteiger partial charge on any atom is 0.272 e. The fourth-order valence-corrected chi connectivity index (χ4v) is 2.61. The van der Waals surface area contributed by atoms with Crippen molar-refractivity contribution in [1.29, 1.82) is 0 Å². The number of ether oxygens (including phenoxy) is 1. The van der Waals surface area contributed by atoms with E-state index in [9.17, 15) is 18.7 Å². The number of ketones is 1. The van der Waals surface area contributed by atoms with Crippen molar-refractivity contribution in [3.05, 3.63) is 59.7 Å². The number of aryl methyl sites for hydroxylation is 2. The van der Waals surface area contributed by atoms with Gasteiger partial charge in [-0.2, -0.15) is 0 Å². The minimum atomic E-state index is -2.66. The van der Waals surface area contributed by atoms with Gasteiger partial charge in [0.05, 0.1) is 5.69 Å². The Morgan fingerprint density at radius 2 is 2.14 bits per heavy atom. The molecule has 0 amide bonds. The van der Waals surface area contributed by atoms with E-state index < -0.39 is 13.0 Å². The Bertz CT molecular complexity index is 972. The summed E-state index contributed by atoms with van der Waals surface area (Å²) < 4.78 is 34.9. The SMILES string of the molecule is Cc1cccnc1C(=O)CCc1coc(-c2ccc(O)c(OCC(F)F)c2)n1. The molecule has 2 heterocycles. The van der Waals surface area contributed by atoms with Crippen molar-refractivity contribution in [2.45, 2.75) is 26.2 Å². The Balaban J connectivity index is 1.68. The molecule has 0 saturated carbocycles. The van der Waals surface area contributed by atoms with E-state index in [1.165, 1.54) is 24.5 Å². The molecule has 0 radical (unpaired) electrons. The zero-order valence-corrected chi connectivity index (χ0v) is 15.1. The van der Waals surface area contributed by atoms with Gasteiger partial charge in [-0.3, -0.25) is 9.78 Å². The second-order valence-electron chi connectivity index (χ2n) is 6.12. The highest BCUT2D eigenvalue weighted by Crippen LogP contribution is 2.31. The minimum absolute atomic E-state index is 0.0849. The summed E-state index contributed by atoms with van der Waals surface area (Å²) in [5, 5.41) is 9.71. The van der Waals surface area contributed by atoms with Gasteiger partial charge in [-0.25, -0.2) is 13.8 Å². The van der Waals surface area contributed by atoms with Crippen molar-refractivity contribution < 1.29 is 27.8 Å². The Labute approximate surface area is 159 Å². The highest BCUT2D eigenvalue weighted by atomic mass is 19.3. The number of phenols is 1. The van der Waals surface area contributed by atoms with Gasteiger partial charge in [-0.1, -0.05) is 6.07 Å². The van der Waals surface area contributed by atoms with E-state index in [1.807, 2.05) is 13.0 Å². The number of carbonyl (C=O) groups is 1. The van der Waals surface area contributed by atoms with Crippen molar-refractivity contribution in [2.24, 2.45) is 0 Å². The molecule has 0 bridgehead atoms. The first-order chi connectivity index (χ1) is 13.4. The van der Waals surface area contributed by atoms with Gasteiger partial charge in [-0.15, -0.1) is 0 Å². The highest BCUT2D eigenvalue weighted by Gasteiger charge is 2.15. The Morgan fingerprint density at radius 3 is 2.89 bits per heavy atom. The van der Waals surface area contributed by atoms with Crippen LogP contribution in [0, 0.1) is 6.92 Å². The molecule has 28 heavy (non-hydrogen) atoms. The summed E-state index contributed by atoms with van der Waals surface area (Å²) in [6, 6.07) is 7.81. The van der Waals surface area contributed by atoms with Crippen LogP contribution in [0.5, 0.6) is 11.5 Å². The number of alkyl halides is 2. The molecule has 0 spiro atoms. The summed E-state index contributed by atoms with van der Waals surface area (Å²) >= 11 is 0. The van der Waals surface area contributed by atoms with Crippen LogP contribution >= 0.6 is 0 Å². The van der Waals surface area contributed by atoms with Crippen LogP contribution in [0.25, 0.3) is 11.5 Å². The first-order valence-electron chi connectivity index (χ1n) is 8.57. The molecule has 1 aromatic carbocycles. The Hall–Kier alpha value is -3.29. The van der Waals surface area contributed by atoms with Gasteiger partial charge in [0.2, 0.25) is 5.89 Å². The summed E-state index contributed by atoms with van der Waals surface area (Å²) in [7, 11) is 0. The molecule has 3 rings (SSSR count). The standard InChI is InChI=1S/C20H18F2N2O4/c1-12-3-2-8-23-19(12)16(26)7-5-14-10-28-20(24-14)13-4-6-15(25)17(9-13)27-11-18(21)22/h2-4,6,8-10,18,25H,5,7,11H2,1H3. The van der Waals surface area contributed by atoms with Crippen LogP contribution in [0.3, 0.4) is 0 Å². The Kier molecular flexibility index (Phi) is 5.98.